The van der Waals surface area contributed by atoms with Gasteiger partial charge in [0.2, 0.25) is 5.95 Å². The number of nitrogens with one attached hydrogen (secondary N) is 3. The molecule has 1 unspecified atom stereocenters. The Morgan fingerprint density at radius 1 is 1.31 bits per heavy atom. The number of thiophene rings is 1. The fourth-order valence-electron chi connectivity index (χ4n) is 4.53. The number of amides is 3. The third-order valence-corrected chi connectivity index (χ3v) is 8.38. The van der Waals surface area contributed by atoms with Crippen molar-refractivity contribution in [2.75, 3.05) is 31.6 Å². The number of nitrogens with zero attached hydrogens (tertiary/aromatic N) is 3. The molecule has 2 saturated heterocycles. The zero-order valence-electron chi connectivity index (χ0n) is 20.3. The highest BCUT2D eigenvalue weighted by Gasteiger charge is 2.45. The van der Waals surface area contributed by atoms with E-state index in [0.29, 0.717) is 31.7 Å². The van der Waals surface area contributed by atoms with E-state index in [-0.39, 0.29) is 11.9 Å². The SMILES string of the molecule is CC1(C)C(=O)NC(=O)N1CCNc1ncc(Br)c(-c2cc3cc(OCCC4CCCN4)ccc3s2)n1. The normalized spacial score (nSPS) is 19.2. The molecule has 0 radical (unpaired) electrons. The second kappa shape index (κ2) is 10.3. The van der Waals surface area contributed by atoms with Gasteiger partial charge in [0.15, 0.2) is 0 Å². The van der Waals surface area contributed by atoms with Crippen LogP contribution in [0.3, 0.4) is 0 Å². The minimum Gasteiger partial charge on any atom is -0.494 e. The van der Waals surface area contributed by atoms with E-state index in [1.165, 1.54) is 17.7 Å². The highest BCUT2D eigenvalue weighted by molar-refractivity contribution is 9.10. The van der Waals surface area contributed by atoms with Crippen LogP contribution in [0.4, 0.5) is 10.7 Å². The number of fused-ring (bicyclic) bond motifs is 1. The van der Waals surface area contributed by atoms with Crippen LogP contribution in [0, 0.1) is 0 Å². The topological polar surface area (TPSA) is 108 Å². The molecule has 2 aliphatic rings. The molecule has 36 heavy (non-hydrogen) atoms. The fourth-order valence-corrected chi connectivity index (χ4v) is 6.11. The molecule has 0 bridgehead atoms. The van der Waals surface area contributed by atoms with E-state index < -0.39 is 5.54 Å². The average Bonchev–Trinajstić information content (AvgIpc) is 3.55. The summed E-state index contributed by atoms with van der Waals surface area (Å²) in [6.45, 7) is 6.03. The number of ether oxygens (including phenoxy) is 1. The molecule has 5 rings (SSSR count). The molecule has 2 fully saturated rings. The Balaban J connectivity index is 1.24. The summed E-state index contributed by atoms with van der Waals surface area (Å²) in [6.07, 6.45) is 5.22. The first-order valence-corrected chi connectivity index (χ1v) is 13.7. The number of aromatic nitrogens is 2. The van der Waals surface area contributed by atoms with Gasteiger partial charge in [0.1, 0.15) is 17.0 Å². The Kier molecular flexibility index (Phi) is 7.14. The molecule has 3 aromatic rings. The third kappa shape index (κ3) is 5.18. The predicted molar refractivity (Wildman–Crippen MR) is 145 cm³/mol. The largest absolute Gasteiger partial charge is 0.494 e. The Bertz CT molecular complexity index is 1290. The van der Waals surface area contributed by atoms with Gasteiger partial charge in [0.05, 0.1) is 16.0 Å². The van der Waals surface area contributed by atoms with E-state index in [2.05, 4.69) is 55.1 Å². The Morgan fingerprint density at radius 2 is 2.17 bits per heavy atom. The molecule has 0 spiro atoms. The summed E-state index contributed by atoms with van der Waals surface area (Å²) in [5, 5.41) is 10.1. The van der Waals surface area contributed by atoms with Crippen LogP contribution in [-0.2, 0) is 4.79 Å². The van der Waals surface area contributed by atoms with Crippen molar-refractivity contribution in [3.63, 3.8) is 0 Å². The minimum atomic E-state index is -0.877. The zero-order valence-corrected chi connectivity index (χ0v) is 22.7. The van der Waals surface area contributed by atoms with Crippen molar-refractivity contribution >= 4 is 55.2 Å². The second-order valence-electron chi connectivity index (χ2n) is 9.53. The maximum atomic E-state index is 12.1. The minimum absolute atomic E-state index is 0.293. The van der Waals surface area contributed by atoms with Crippen molar-refractivity contribution in [1.29, 1.82) is 0 Å². The second-order valence-corrected chi connectivity index (χ2v) is 11.5. The van der Waals surface area contributed by atoms with E-state index in [0.717, 1.165) is 43.8 Å². The van der Waals surface area contributed by atoms with E-state index in [1.54, 1.807) is 31.4 Å². The number of urea groups is 1. The number of imide groups is 1. The van der Waals surface area contributed by atoms with Gasteiger partial charge >= 0.3 is 6.03 Å². The van der Waals surface area contributed by atoms with Crippen LogP contribution >= 0.6 is 27.3 Å². The lowest BCUT2D eigenvalue weighted by molar-refractivity contribution is -0.125. The molecule has 0 aliphatic carbocycles. The molecular weight excluding hydrogens is 544 g/mol. The Hall–Kier alpha value is -2.76. The van der Waals surface area contributed by atoms with Gasteiger partial charge in [-0.05, 0) is 85.2 Å². The van der Waals surface area contributed by atoms with Gasteiger partial charge in [-0.1, -0.05) is 0 Å². The number of carbonyl (C=O) groups is 2. The van der Waals surface area contributed by atoms with Crippen LogP contribution in [0.2, 0.25) is 0 Å². The summed E-state index contributed by atoms with van der Waals surface area (Å²) in [7, 11) is 0. The lowest BCUT2D eigenvalue weighted by Crippen LogP contribution is -2.46. The summed E-state index contributed by atoms with van der Waals surface area (Å²) in [5.41, 5.74) is -0.0877. The lowest BCUT2D eigenvalue weighted by atomic mass is 10.0. The Morgan fingerprint density at radius 3 is 2.92 bits per heavy atom. The molecule has 9 nitrogen and oxygen atoms in total. The van der Waals surface area contributed by atoms with Gasteiger partial charge in [-0.25, -0.2) is 14.8 Å². The molecule has 190 valence electrons. The summed E-state index contributed by atoms with van der Waals surface area (Å²) < 4.78 is 7.97. The molecule has 3 amide bonds. The standard InChI is InChI=1S/C25H29BrN6O3S/c1-25(2)22(33)31-24(34)32(25)10-9-28-23-29-14-18(26)21(30-23)20-13-15-12-17(5-6-19(15)36-20)35-11-7-16-4-3-8-27-16/h5-6,12-14,16,27H,3-4,7-11H2,1-2H3,(H,28,29,30)(H,31,33,34). The molecule has 2 aliphatic heterocycles. The van der Waals surface area contributed by atoms with Crippen molar-refractivity contribution in [2.24, 2.45) is 0 Å². The summed E-state index contributed by atoms with van der Waals surface area (Å²) in [4.78, 5) is 35.6. The smallest absolute Gasteiger partial charge is 0.325 e. The molecule has 11 heteroatoms. The third-order valence-electron chi connectivity index (χ3n) is 6.68. The predicted octanol–water partition coefficient (Wildman–Crippen LogP) is 4.38. The van der Waals surface area contributed by atoms with Crippen molar-refractivity contribution in [3.8, 4) is 16.3 Å². The van der Waals surface area contributed by atoms with Crippen LogP contribution in [0.25, 0.3) is 20.7 Å². The number of hydrogen-bond acceptors (Lipinski definition) is 8. The first-order chi connectivity index (χ1) is 17.3. The van der Waals surface area contributed by atoms with Crippen LogP contribution in [0.15, 0.2) is 34.9 Å². The van der Waals surface area contributed by atoms with Crippen LogP contribution in [0.5, 0.6) is 5.75 Å². The number of rotatable bonds is 9. The zero-order chi connectivity index (χ0) is 25.3. The summed E-state index contributed by atoms with van der Waals surface area (Å²) in [6, 6.07) is 8.49. The molecule has 1 atom stereocenters. The lowest BCUT2D eigenvalue weighted by Gasteiger charge is -2.27. The maximum absolute atomic E-state index is 12.1. The molecule has 4 heterocycles. The highest BCUT2D eigenvalue weighted by Crippen LogP contribution is 2.37. The van der Waals surface area contributed by atoms with Gasteiger partial charge in [0, 0.05) is 30.0 Å². The molecule has 2 aromatic heterocycles. The average molecular weight is 574 g/mol. The number of hydrogen-bond donors (Lipinski definition) is 3. The Labute approximate surface area is 222 Å². The maximum Gasteiger partial charge on any atom is 0.325 e. The van der Waals surface area contributed by atoms with Gasteiger partial charge in [-0.15, -0.1) is 11.3 Å². The molecule has 1 aromatic carbocycles. The van der Waals surface area contributed by atoms with Crippen LogP contribution < -0.4 is 20.7 Å². The van der Waals surface area contributed by atoms with Crippen molar-refractivity contribution in [1.82, 2.24) is 25.5 Å². The number of benzene rings is 1. The summed E-state index contributed by atoms with van der Waals surface area (Å²) >= 11 is 5.24. The molecule has 0 saturated carbocycles. The van der Waals surface area contributed by atoms with Gasteiger partial charge in [0.25, 0.3) is 5.91 Å². The van der Waals surface area contributed by atoms with Crippen LogP contribution in [0.1, 0.15) is 33.1 Å². The highest BCUT2D eigenvalue weighted by atomic mass is 79.9. The van der Waals surface area contributed by atoms with Crippen LogP contribution in [-0.4, -0.2) is 64.6 Å². The van der Waals surface area contributed by atoms with Gasteiger partial charge in [-0.3, -0.25) is 10.1 Å². The first kappa shape index (κ1) is 24.9. The number of carbonyl (C=O) groups excluding carboxylic acids is 2. The van der Waals surface area contributed by atoms with E-state index >= 15 is 0 Å². The van der Waals surface area contributed by atoms with Crippen molar-refractivity contribution in [2.45, 2.75) is 44.7 Å². The van der Waals surface area contributed by atoms with E-state index in [9.17, 15) is 9.59 Å². The van der Waals surface area contributed by atoms with E-state index in [4.69, 9.17) is 9.72 Å². The number of halogens is 1. The van der Waals surface area contributed by atoms with Crippen molar-refractivity contribution in [3.05, 3.63) is 34.9 Å². The number of anilines is 1. The molecular formula is C25H29BrN6O3S. The monoisotopic (exact) mass is 572 g/mol. The fraction of sp³-hybridized carbons (Fsp3) is 0.440. The summed E-state index contributed by atoms with van der Waals surface area (Å²) in [5.74, 6) is 1.04. The van der Waals surface area contributed by atoms with Gasteiger partial charge in [-0.2, -0.15) is 0 Å². The molecule has 3 N–H and O–H groups in total. The van der Waals surface area contributed by atoms with E-state index in [1.807, 2.05) is 6.07 Å². The first-order valence-electron chi connectivity index (χ1n) is 12.1. The quantitative estimate of drug-likeness (QED) is 0.326. The van der Waals surface area contributed by atoms with Gasteiger partial charge < -0.3 is 20.3 Å². The van der Waals surface area contributed by atoms with Crippen molar-refractivity contribution < 1.29 is 14.3 Å².